The molecule has 1 aliphatic rings. The average Bonchev–Trinajstić information content (AvgIpc) is 2.67. The summed E-state index contributed by atoms with van der Waals surface area (Å²) in [6.07, 6.45) is 2.77. The van der Waals surface area contributed by atoms with E-state index in [1.165, 1.54) is 31.8 Å². The van der Waals surface area contributed by atoms with Crippen molar-refractivity contribution in [3.63, 3.8) is 0 Å². The summed E-state index contributed by atoms with van der Waals surface area (Å²) in [7, 11) is 0.990. The number of aryl methyl sites for hydroxylation is 1. The van der Waals surface area contributed by atoms with Crippen molar-refractivity contribution in [1.82, 2.24) is 9.62 Å². The molecule has 0 fully saturated rings. The van der Waals surface area contributed by atoms with Gasteiger partial charge in [0.15, 0.2) is 0 Å². The molecule has 0 aliphatic heterocycles. The Bertz CT molecular complexity index is 954. The van der Waals surface area contributed by atoms with Gasteiger partial charge in [0.2, 0.25) is 10.0 Å². The van der Waals surface area contributed by atoms with Crippen LogP contribution in [0.25, 0.3) is 0 Å². The molecular formula is C20H24N2O4S. The third kappa shape index (κ3) is 3.99. The number of benzene rings is 2. The van der Waals surface area contributed by atoms with E-state index in [-0.39, 0.29) is 16.8 Å². The zero-order valence-corrected chi connectivity index (χ0v) is 16.5. The van der Waals surface area contributed by atoms with Gasteiger partial charge < -0.3 is 10.1 Å². The lowest BCUT2D eigenvalue weighted by molar-refractivity contribution is 0.0932. The minimum absolute atomic E-state index is 0.0960. The van der Waals surface area contributed by atoms with Crippen molar-refractivity contribution in [2.75, 3.05) is 21.2 Å². The first-order valence-electron chi connectivity index (χ1n) is 8.83. The van der Waals surface area contributed by atoms with Crippen LogP contribution in [0.15, 0.2) is 47.4 Å². The van der Waals surface area contributed by atoms with Crippen molar-refractivity contribution < 1.29 is 17.9 Å². The molecule has 2 aromatic rings. The third-order valence-electron chi connectivity index (χ3n) is 4.84. The summed E-state index contributed by atoms with van der Waals surface area (Å²) in [6.45, 7) is 0. The third-order valence-corrected chi connectivity index (χ3v) is 6.66. The van der Waals surface area contributed by atoms with E-state index in [1.807, 2.05) is 18.2 Å². The number of amides is 1. The lowest BCUT2D eigenvalue weighted by Gasteiger charge is -2.27. The molecule has 0 bridgehead atoms. The predicted molar refractivity (Wildman–Crippen MR) is 103 cm³/mol. The summed E-state index contributed by atoms with van der Waals surface area (Å²) in [5, 5.41) is 3.05. The molecule has 2 aromatic carbocycles. The summed E-state index contributed by atoms with van der Waals surface area (Å²) in [5.74, 6) is 0.529. The molecule has 7 heteroatoms. The van der Waals surface area contributed by atoms with Crippen molar-refractivity contribution in [1.29, 1.82) is 0 Å². The largest absolute Gasteiger partial charge is 0.497 e. The van der Waals surface area contributed by atoms with E-state index >= 15 is 0 Å². The second-order valence-corrected chi connectivity index (χ2v) is 8.95. The highest BCUT2D eigenvalue weighted by Crippen LogP contribution is 2.32. The van der Waals surface area contributed by atoms with Crippen LogP contribution in [0.1, 0.15) is 40.4 Å². The number of nitrogens with one attached hydrogen (secondary N) is 1. The number of fused-ring (bicyclic) bond motifs is 1. The highest BCUT2D eigenvalue weighted by molar-refractivity contribution is 7.89. The maximum absolute atomic E-state index is 12.8. The van der Waals surface area contributed by atoms with E-state index in [0.717, 1.165) is 34.9 Å². The molecule has 3 rings (SSSR count). The van der Waals surface area contributed by atoms with E-state index in [2.05, 4.69) is 5.32 Å². The molecule has 6 nitrogen and oxygen atoms in total. The van der Waals surface area contributed by atoms with Gasteiger partial charge in [-0.15, -0.1) is 0 Å². The number of carbonyl (C=O) groups is 1. The summed E-state index contributed by atoms with van der Waals surface area (Å²) >= 11 is 0. The first-order valence-corrected chi connectivity index (χ1v) is 10.3. The Morgan fingerprint density at radius 2 is 1.96 bits per heavy atom. The fraction of sp³-hybridized carbons (Fsp3) is 0.350. The van der Waals surface area contributed by atoms with E-state index in [4.69, 9.17) is 4.74 Å². The number of rotatable bonds is 5. The van der Waals surface area contributed by atoms with Crippen LogP contribution in [0, 0.1) is 0 Å². The molecule has 1 aliphatic carbocycles. The lowest BCUT2D eigenvalue weighted by Crippen LogP contribution is -2.31. The fourth-order valence-electron chi connectivity index (χ4n) is 3.32. The van der Waals surface area contributed by atoms with Crippen LogP contribution in [0.4, 0.5) is 0 Å². The van der Waals surface area contributed by atoms with Crippen LogP contribution < -0.4 is 10.1 Å². The topological polar surface area (TPSA) is 75.7 Å². The molecule has 0 saturated carbocycles. The van der Waals surface area contributed by atoms with Gasteiger partial charge in [-0.1, -0.05) is 12.1 Å². The Hall–Kier alpha value is -2.38. The van der Waals surface area contributed by atoms with E-state index in [9.17, 15) is 13.2 Å². The summed E-state index contributed by atoms with van der Waals surface area (Å²) in [6, 6.07) is 11.9. The van der Waals surface area contributed by atoms with Crippen molar-refractivity contribution >= 4 is 15.9 Å². The van der Waals surface area contributed by atoms with Crippen molar-refractivity contribution in [2.45, 2.75) is 30.2 Å². The van der Waals surface area contributed by atoms with E-state index in [0.29, 0.717) is 5.56 Å². The van der Waals surface area contributed by atoms with Gasteiger partial charge in [-0.2, -0.15) is 0 Å². The molecular weight excluding hydrogens is 364 g/mol. The zero-order valence-electron chi connectivity index (χ0n) is 15.7. The molecule has 0 unspecified atom stereocenters. The van der Waals surface area contributed by atoms with Gasteiger partial charge in [0.1, 0.15) is 5.75 Å². The van der Waals surface area contributed by atoms with Gasteiger partial charge >= 0.3 is 0 Å². The summed E-state index contributed by atoms with van der Waals surface area (Å²) in [4.78, 5) is 12.9. The Labute approximate surface area is 160 Å². The quantitative estimate of drug-likeness (QED) is 0.855. The fourth-order valence-corrected chi connectivity index (χ4v) is 4.27. The standard InChI is InChI=1S/C20H24N2O4S/c1-22(2)27(24,25)17-8-4-7-15(13-17)20(23)21-19-9-5-6-14-12-16(26-3)10-11-18(14)19/h4,7-8,10-13,19H,5-6,9H2,1-3H3,(H,21,23)/t19-/m0/s1. The second-order valence-electron chi connectivity index (χ2n) is 6.80. The number of hydrogen-bond donors (Lipinski definition) is 1. The first kappa shape index (κ1) is 19.4. The zero-order chi connectivity index (χ0) is 19.6. The molecule has 1 N–H and O–H groups in total. The molecule has 1 atom stereocenters. The number of methoxy groups -OCH3 is 1. The van der Waals surface area contributed by atoms with Crippen LogP contribution in [-0.4, -0.2) is 39.8 Å². The number of nitrogens with zero attached hydrogens (tertiary/aromatic N) is 1. The molecule has 0 heterocycles. The van der Waals surface area contributed by atoms with Crippen molar-refractivity contribution in [2.24, 2.45) is 0 Å². The monoisotopic (exact) mass is 388 g/mol. The molecule has 1 amide bonds. The van der Waals surface area contributed by atoms with E-state index in [1.54, 1.807) is 19.2 Å². The molecule has 0 spiro atoms. The number of sulfonamides is 1. The van der Waals surface area contributed by atoms with Gasteiger partial charge in [-0.3, -0.25) is 4.79 Å². The predicted octanol–water partition coefficient (Wildman–Crippen LogP) is 2.75. The number of carbonyl (C=O) groups excluding carboxylic acids is 1. The van der Waals surface area contributed by atoms with Crippen LogP contribution in [0.2, 0.25) is 0 Å². The highest BCUT2D eigenvalue weighted by atomic mass is 32.2. The van der Waals surface area contributed by atoms with Gasteiger partial charge in [0.25, 0.3) is 5.91 Å². The minimum atomic E-state index is -3.58. The Morgan fingerprint density at radius 1 is 1.19 bits per heavy atom. The Morgan fingerprint density at radius 3 is 2.67 bits per heavy atom. The molecule has 0 aromatic heterocycles. The smallest absolute Gasteiger partial charge is 0.251 e. The number of hydrogen-bond acceptors (Lipinski definition) is 4. The number of ether oxygens (including phenoxy) is 1. The average molecular weight is 388 g/mol. The summed E-state index contributed by atoms with van der Waals surface area (Å²) < 4.78 is 31.0. The maximum atomic E-state index is 12.8. The molecule has 144 valence electrons. The van der Waals surface area contributed by atoms with Crippen molar-refractivity contribution in [3.8, 4) is 5.75 Å². The van der Waals surface area contributed by atoms with Gasteiger partial charge in [-0.25, -0.2) is 12.7 Å². The first-order chi connectivity index (χ1) is 12.8. The molecule has 27 heavy (non-hydrogen) atoms. The van der Waals surface area contributed by atoms with E-state index < -0.39 is 10.0 Å². The Balaban J connectivity index is 1.83. The minimum Gasteiger partial charge on any atom is -0.497 e. The normalized spacial score (nSPS) is 16.7. The highest BCUT2D eigenvalue weighted by Gasteiger charge is 2.24. The molecule has 0 saturated heterocycles. The Kier molecular flexibility index (Phi) is 5.53. The van der Waals surface area contributed by atoms with Crippen molar-refractivity contribution in [3.05, 3.63) is 59.2 Å². The van der Waals surface area contributed by atoms with Gasteiger partial charge in [0, 0.05) is 19.7 Å². The summed E-state index contributed by atoms with van der Waals surface area (Å²) in [5.41, 5.74) is 2.60. The second kappa shape index (κ2) is 7.70. The SMILES string of the molecule is COc1ccc2c(c1)CCC[C@@H]2NC(=O)c1cccc(S(=O)(=O)N(C)C)c1. The van der Waals surface area contributed by atoms with Crippen LogP contribution in [-0.2, 0) is 16.4 Å². The van der Waals surface area contributed by atoms with Gasteiger partial charge in [0.05, 0.1) is 18.0 Å². The van der Waals surface area contributed by atoms with Crippen LogP contribution >= 0.6 is 0 Å². The molecule has 0 radical (unpaired) electrons. The van der Waals surface area contributed by atoms with Crippen LogP contribution in [0.5, 0.6) is 5.75 Å². The lowest BCUT2D eigenvalue weighted by atomic mass is 9.87. The van der Waals surface area contributed by atoms with Gasteiger partial charge in [-0.05, 0) is 60.7 Å². The maximum Gasteiger partial charge on any atom is 0.251 e. The van der Waals surface area contributed by atoms with Crippen LogP contribution in [0.3, 0.4) is 0 Å².